The van der Waals surface area contributed by atoms with E-state index in [1.807, 2.05) is 0 Å². The summed E-state index contributed by atoms with van der Waals surface area (Å²) in [7, 11) is 0. The second-order valence-corrected chi connectivity index (χ2v) is 1.95. The third kappa shape index (κ3) is 8.57. The Morgan fingerprint density at radius 1 is 1.60 bits per heavy atom. The fourth-order valence-corrected chi connectivity index (χ4v) is 0.565. The zero-order chi connectivity index (χ0) is 7.11. The number of amides is 1. The molecule has 2 nitrogen and oxygen atoms in total. The summed E-state index contributed by atoms with van der Waals surface area (Å²) in [5.41, 5.74) is 0. The van der Waals surface area contributed by atoms with E-state index >= 15 is 0 Å². The van der Waals surface area contributed by atoms with Gasteiger partial charge in [0.25, 0.3) is 0 Å². The van der Waals surface area contributed by atoms with Crippen molar-refractivity contribution in [1.29, 1.82) is 0 Å². The summed E-state index contributed by atoms with van der Waals surface area (Å²) in [4.78, 5) is 10.7. The summed E-state index contributed by atoms with van der Waals surface area (Å²) >= 11 is 0. The van der Waals surface area contributed by atoms with E-state index < -0.39 is 0 Å². The number of carbonyl (C=O) groups excluding carboxylic acids is 1. The average molecular weight is 217 g/mol. The van der Waals surface area contributed by atoms with Crippen LogP contribution in [-0.2, 0) is 37.5 Å². The van der Waals surface area contributed by atoms with Crippen LogP contribution in [0.3, 0.4) is 0 Å². The van der Waals surface area contributed by atoms with Crippen LogP contribution >= 0.6 is 0 Å². The molecular weight excluding hydrogens is 203 g/mol. The number of unbranched alkanes of at least 4 members (excludes halogenated alkanes) is 1. The molecule has 57 valence electrons. The van der Waals surface area contributed by atoms with Crippen molar-refractivity contribution in [3.8, 4) is 0 Å². The van der Waals surface area contributed by atoms with E-state index in [9.17, 15) is 4.79 Å². The summed E-state index contributed by atoms with van der Waals surface area (Å²) < 4.78 is 0. The first-order valence-corrected chi connectivity index (χ1v) is 3.37. The van der Waals surface area contributed by atoms with Crippen molar-refractivity contribution in [2.24, 2.45) is 0 Å². The van der Waals surface area contributed by atoms with Gasteiger partial charge in [-0.05, 0) is 6.42 Å². The molecule has 0 aromatic carbocycles. The second kappa shape index (κ2) is 9.57. The van der Waals surface area contributed by atoms with Crippen LogP contribution in [0.25, 0.3) is 0 Å². The summed E-state index contributed by atoms with van der Waals surface area (Å²) in [6.45, 7) is 6.07. The standard InChI is InChI=1S/C7H14NO.Y/c1-3-5-6-7(9)8-4-2;/h2-6H2,1H3,(H,8,9);/q-1;. The van der Waals surface area contributed by atoms with E-state index in [-0.39, 0.29) is 38.6 Å². The SMILES string of the molecule is [CH2-]CNC(=O)CCCC.[Y]. The molecule has 0 aromatic rings. The molecule has 0 rings (SSSR count). The Balaban J connectivity index is 0. The quantitative estimate of drug-likeness (QED) is 0.702. The van der Waals surface area contributed by atoms with Gasteiger partial charge in [0.2, 0.25) is 5.91 Å². The topological polar surface area (TPSA) is 29.1 Å². The predicted octanol–water partition coefficient (Wildman–Crippen LogP) is 1.12. The maximum Gasteiger partial charge on any atom is 0.217 e. The van der Waals surface area contributed by atoms with Gasteiger partial charge in [-0.3, -0.25) is 4.79 Å². The van der Waals surface area contributed by atoms with Crippen molar-refractivity contribution in [2.75, 3.05) is 6.54 Å². The molecule has 3 heteroatoms. The summed E-state index contributed by atoms with van der Waals surface area (Å²) in [6, 6.07) is 0. The molecule has 0 aliphatic carbocycles. The summed E-state index contributed by atoms with van der Waals surface area (Å²) in [5.74, 6) is 0.117. The van der Waals surface area contributed by atoms with Crippen LogP contribution < -0.4 is 5.32 Å². The van der Waals surface area contributed by atoms with Gasteiger partial charge in [0, 0.05) is 39.1 Å². The monoisotopic (exact) mass is 217 g/mol. The van der Waals surface area contributed by atoms with Crippen LogP contribution in [0.1, 0.15) is 26.2 Å². The third-order valence-corrected chi connectivity index (χ3v) is 1.08. The van der Waals surface area contributed by atoms with Crippen molar-refractivity contribution in [3.05, 3.63) is 6.92 Å². The van der Waals surface area contributed by atoms with Crippen LogP contribution in [0.5, 0.6) is 0 Å². The molecule has 0 aliphatic heterocycles. The minimum absolute atomic E-state index is 0. The maximum absolute atomic E-state index is 10.7. The van der Waals surface area contributed by atoms with Crippen molar-refractivity contribution in [1.82, 2.24) is 5.32 Å². The second-order valence-electron chi connectivity index (χ2n) is 1.95. The first-order chi connectivity index (χ1) is 4.31. The molecule has 0 aromatic heterocycles. The zero-order valence-electron chi connectivity index (χ0n) is 6.52. The van der Waals surface area contributed by atoms with Crippen molar-refractivity contribution in [2.45, 2.75) is 26.2 Å². The smallest absolute Gasteiger partial charge is 0.217 e. The Morgan fingerprint density at radius 3 is 2.60 bits per heavy atom. The molecule has 0 heterocycles. The van der Waals surface area contributed by atoms with Gasteiger partial charge >= 0.3 is 0 Å². The molecule has 0 unspecified atom stereocenters. The molecule has 10 heavy (non-hydrogen) atoms. The van der Waals surface area contributed by atoms with E-state index in [1.165, 1.54) is 0 Å². The fourth-order valence-electron chi connectivity index (χ4n) is 0.565. The van der Waals surface area contributed by atoms with E-state index in [0.29, 0.717) is 13.0 Å². The van der Waals surface area contributed by atoms with Gasteiger partial charge in [-0.1, -0.05) is 13.3 Å². The summed E-state index contributed by atoms with van der Waals surface area (Å²) in [6.07, 6.45) is 2.70. The van der Waals surface area contributed by atoms with Crippen LogP contribution in [0.15, 0.2) is 0 Å². The molecule has 1 N–H and O–H groups in total. The molecule has 0 aliphatic rings. The van der Waals surface area contributed by atoms with E-state index in [4.69, 9.17) is 0 Å². The van der Waals surface area contributed by atoms with Crippen LogP contribution in [0.4, 0.5) is 0 Å². The van der Waals surface area contributed by atoms with Gasteiger partial charge in [0.05, 0.1) is 0 Å². The van der Waals surface area contributed by atoms with Crippen LogP contribution in [-0.4, -0.2) is 12.5 Å². The minimum Gasteiger partial charge on any atom is -0.386 e. The van der Waals surface area contributed by atoms with Gasteiger partial charge in [-0.15, -0.1) is 6.54 Å². The van der Waals surface area contributed by atoms with Gasteiger partial charge in [-0.2, -0.15) is 0 Å². The number of carbonyl (C=O) groups is 1. The van der Waals surface area contributed by atoms with Crippen molar-refractivity contribution < 1.29 is 37.5 Å². The van der Waals surface area contributed by atoms with Gasteiger partial charge in [-0.25, -0.2) is 0 Å². The number of hydrogen-bond donors (Lipinski definition) is 1. The molecule has 0 fully saturated rings. The maximum atomic E-state index is 10.7. The Labute approximate surface area is 88.0 Å². The van der Waals surface area contributed by atoms with E-state index in [2.05, 4.69) is 19.2 Å². The van der Waals surface area contributed by atoms with Crippen molar-refractivity contribution in [3.63, 3.8) is 0 Å². The predicted molar refractivity (Wildman–Crippen MR) is 37.9 cm³/mol. The molecule has 1 radical (unpaired) electrons. The number of hydrogen-bond acceptors (Lipinski definition) is 1. The number of rotatable bonds is 4. The molecule has 0 saturated carbocycles. The molecule has 1 amide bonds. The Hall–Kier alpha value is 0.574. The van der Waals surface area contributed by atoms with Gasteiger partial charge in [0.1, 0.15) is 0 Å². The zero-order valence-corrected chi connectivity index (χ0v) is 9.36. The Morgan fingerprint density at radius 2 is 2.20 bits per heavy atom. The number of nitrogens with one attached hydrogen (secondary N) is 1. The van der Waals surface area contributed by atoms with Gasteiger partial charge < -0.3 is 12.2 Å². The van der Waals surface area contributed by atoms with E-state index in [0.717, 1.165) is 12.8 Å². The first kappa shape index (κ1) is 13.2. The molecule has 0 spiro atoms. The molecular formula is C7H14NOY-. The van der Waals surface area contributed by atoms with E-state index in [1.54, 1.807) is 0 Å². The minimum atomic E-state index is 0. The normalized spacial score (nSPS) is 8.20. The molecule has 0 bridgehead atoms. The van der Waals surface area contributed by atoms with Crippen LogP contribution in [0.2, 0.25) is 0 Å². The molecule has 0 atom stereocenters. The first-order valence-electron chi connectivity index (χ1n) is 3.37. The Bertz CT molecular complexity index is 85.7. The largest absolute Gasteiger partial charge is 0.386 e. The Kier molecular flexibility index (Phi) is 12.6. The van der Waals surface area contributed by atoms with Gasteiger partial charge in [0.15, 0.2) is 0 Å². The molecule has 0 saturated heterocycles. The van der Waals surface area contributed by atoms with Crippen molar-refractivity contribution >= 4 is 5.91 Å². The average Bonchev–Trinajstić information content (AvgIpc) is 1.85. The fraction of sp³-hybridized carbons (Fsp3) is 0.714. The third-order valence-electron chi connectivity index (χ3n) is 1.08. The summed E-state index contributed by atoms with van der Waals surface area (Å²) in [5, 5.41) is 2.63. The van der Waals surface area contributed by atoms with Crippen LogP contribution in [0, 0.1) is 6.92 Å².